The van der Waals surface area contributed by atoms with Crippen LogP contribution < -0.4 is 20.9 Å². The van der Waals surface area contributed by atoms with Gasteiger partial charge in [-0.15, -0.1) is 0 Å². The molecular weight excluding hydrogens is 394 g/mol. The van der Waals surface area contributed by atoms with Gasteiger partial charge in [-0.25, -0.2) is 4.79 Å². The molecular formula is C23H27N5O3. The van der Waals surface area contributed by atoms with Gasteiger partial charge in [-0.2, -0.15) is 0 Å². The Labute approximate surface area is 180 Å². The molecule has 0 atom stereocenters. The highest BCUT2D eigenvalue weighted by Gasteiger charge is 2.48. The minimum Gasteiger partial charge on any atom is -0.371 e. The van der Waals surface area contributed by atoms with Crippen LogP contribution in [-0.4, -0.2) is 41.5 Å². The fourth-order valence-corrected chi connectivity index (χ4v) is 5.18. The van der Waals surface area contributed by atoms with Crippen molar-refractivity contribution in [3.05, 3.63) is 30.6 Å². The van der Waals surface area contributed by atoms with Gasteiger partial charge in [-0.1, -0.05) is 0 Å². The van der Waals surface area contributed by atoms with Crippen molar-refractivity contribution in [2.45, 2.75) is 50.5 Å². The van der Waals surface area contributed by atoms with Gasteiger partial charge in [0.2, 0.25) is 5.91 Å². The fraction of sp³-hybridized carbons (Fsp3) is 0.478. The Bertz CT molecular complexity index is 1040. The van der Waals surface area contributed by atoms with Crippen molar-refractivity contribution in [3.8, 4) is 0 Å². The molecule has 1 saturated carbocycles. The molecule has 3 aliphatic rings. The van der Waals surface area contributed by atoms with Gasteiger partial charge in [-0.3, -0.25) is 19.9 Å². The van der Waals surface area contributed by atoms with Crippen LogP contribution in [0, 0.1) is 5.92 Å². The standard InChI is InChI=1S/C23H27N5O3/c29-20(15-6-9-23(10-7-15)21(30)26-22(31)27-23)25-18-4-5-19(28-12-2-1-3-13-28)16-8-11-24-14-17(16)18/h4-5,8,11,14-15H,1-3,6-7,9-10,12-13H2,(H,25,29)(H2,26,27,30,31). The van der Waals surface area contributed by atoms with Crippen LogP contribution in [0.2, 0.25) is 0 Å². The van der Waals surface area contributed by atoms with Gasteiger partial charge in [-0.05, 0) is 63.1 Å². The van der Waals surface area contributed by atoms with Gasteiger partial charge in [0.15, 0.2) is 0 Å². The summed E-state index contributed by atoms with van der Waals surface area (Å²) in [6.45, 7) is 2.11. The summed E-state index contributed by atoms with van der Waals surface area (Å²) in [7, 11) is 0. The Kier molecular flexibility index (Phi) is 5.00. The molecule has 162 valence electrons. The molecule has 0 bridgehead atoms. The molecule has 3 fully saturated rings. The molecule has 1 aromatic carbocycles. The van der Waals surface area contributed by atoms with E-state index in [1.165, 1.54) is 24.9 Å². The number of rotatable bonds is 3. The zero-order valence-corrected chi connectivity index (χ0v) is 17.4. The maximum atomic E-state index is 13.0. The first kappa shape index (κ1) is 19.8. The summed E-state index contributed by atoms with van der Waals surface area (Å²) in [4.78, 5) is 43.4. The molecule has 0 unspecified atom stereocenters. The summed E-state index contributed by atoms with van der Waals surface area (Å²) < 4.78 is 0. The molecule has 2 aromatic rings. The third-order valence-electron chi connectivity index (χ3n) is 6.97. The van der Waals surface area contributed by atoms with Crippen LogP contribution in [0.1, 0.15) is 44.9 Å². The van der Waals surface area contributed by atoms with E-state index in [9.17, 15) is 14.4 Å². The quantitative estimate of drug-likeness (QED) is 0.661. The summed E-state index contributed by atoms with van der Waals surface area (Å²) in [5, 5.41) is 10.2. The number of amides is 4. The predicted octanol–water partition coefficient (Wildman–Crippen LogP) is 2.93. The van der Waals surface area contributed by atoms with E-state index in [2.05, 4.69) is 31.9 Å². The Balaban J connectivity index is 1.32. The van der Waals surface area contributed by atoms with E-state index in [0.29, 0.717) is 25.7 Å². The number of piperidine rings is 1. The van der Waals surface area contributed by atoms with Crippen LogP contribution >= 0.6 is 0 Å². The number of carbonyl (C=O) groups excluding carboxylic acids is 3. The highest BCUT2D eigenvalue weighted by Crippen LogP contribution is 2.36. The first-order valence-corrected chi connectivity index (χ1v) is 11.1. The SMILES string of the molecule is O=C1NC(=O)C2(CCC(C(=O)Nc3ccc(N4CCCCC4)c4ccncc34)CC2)N1. The largest absolute Gasteiger partial charge is 0.371 e. The van der Waals surface area contributed by atoms with Crippen LogP contribution in [0.25, 0.3) is 10.8 Å². The summed E-state index contributed by atoms with van der Waals surface area (Å²) in [6.07, 6.45) is 9.34. The number of urea groups is 1. The summed E-state index contributed by atoms with van der Waals surface area (Å²) in [6, 6.07) is 5.64. The molecule has 1 aromatic heterocycles. The van der Waals surface area contributed by atoms with Crippen molar-refractivity contribution in [1.29, 1.82) is 0 Å². The van der Waals surface area contributed by atoms with Gasteiger partial charge >= 0.3 is 6.03 Å². The maximum absolute atomic E-state index is 13.0. The second-order valence-electron chi connectivity index (χ2n) is 8.86. The Hall–Kier alpha value is -3.16. The number of hydrogen-bond donors (Lipinski definition) is 3. The normalized spacial score (nSPS) is 26.1. The molecule has 31 heavy (non-hydrogen) atoms. The van der Waals surface area contributed by atoms with Gasteiger partial charge in [0.25, 0.3) is 5.91 Å². The van der Waals surface area contributed by atoms with E-state index >= 15 is 0 Å². The number of nitrogens with zero attached hydrogens (tertiary/aromatic N) is 2. The van der Waals surface area contributed by atoms with E-state index in [-0.39, 0.29) is 17.7 Å². The van der Waals surface area contributed by atoms with E-state index in [1.807, 2.05) is 18.3 Å². The van der Waals surface area contributed by atoms with E-state index in [4.69, 9.17) is 0 Å². The molecule has 4 amide bonds. The number of pyridine rings is 1. The minimum atomic E-state index is -0.847. The van der Waals surface area contributed by atoms with Crippen molar-refractivity contribution in [1.82, 2.24) is 15.6 Å². The number of nitrogens with one attached hydrogen (secondary N) is 3. The zero-order chi connectivity index (χ0) is 21.4. The molecule has 2 saturated heterocycles. The lowest BCUT2D eigenvalue weighted by atomic mass is 9.76. The summed E-state index contributed by atoms with van der Waals surface area (Å²) in [5.41, 5.74) is 1.11. The molecule has 5 rings (SSSR count). The number of fused-ring (bicyclic) bond motifs is 1. The van der Waals surface area contributed by atoms with E-state index in [0.717, 1.165) is 29.5 Å². The summed E-state index contributed by atoms with van der Waals surface area (Å²) >= 11 is 0. The smallest absolute Gasteiger partial charge is 0.322 e. The lowest BCUT2D eigenvalue weighted by Crippen LogP contribution is -2.50. The van der Waals surface area contributed by atoms with Crippen LogP contribution in [-0.2, 0) is 9.59 Å². The maximum Gasteiger partial charge on any atom is 0.322 e. The monoisotopic (exact) mass is 421 g/mol. The Morgan fingerprint density at radius 1 is 1.06 bits per heavy atom. The first-order valence-electron chi connectivity index (χ1n) is 11.1. The highest BCUT2D eigenvalue weighted by atomic mass is 16.2. The van der Waals surface area contributed by atoms with Gasteiger partial charge in [0.05, 0.1) is 5.69 Å². The lowest BCUT2D eigenvalue weighted by molar-refractivity contribution is -0.128. The summed E-state index contributed by atoms with van der Waals surface area (Å²) in [5.74, 6) is -0.512. The second kappa shape index (κ2) is 7.83. The van der Waals surface area contributed by atoms with Crippen molar-refractivity contribution in [2.75, 3.05) is 23.3 Å². The van der Waals surface area contributed by atoms with Crippen molar-refractivity contribution >= 4 is 40.0 Å². The number of aromatic nitrogens is 1. The van der Waals surface area contributed by atoms with Crippen LogP contribution in [0.4, 0.5) is 16.2 Å². The van der Waals surface area contributed by atoms with Crippen molar-refractivity contribution in [3.63, 3.8) is 0 Å². The minimum absolute atomic E-state index is 0.0459. The third kappa shape index (κ3) is 3.60. The number of benzene rings is 1. The van der Waals surface area contributed by atoms with Crippen molar-refractivity contribution in [2.24, 2.45) is 5.92 Å². The number of imide groups is 1. The van der Waals surface area contributed by atoms with Crippen LogP contribution in [0.5, 0.6) is 0 Å². The van der Waals surface area contributed by atoms with Gasteiger partial charge < -0.3 is 15.5 Å². The van der Waals surface area contributed by atoms with Gasteiger partial charge in [0.1, 0.15) is 5.54 Å². The average Bonchev–Trinajstić information content (AvgIpc) is 3.07. The van der Waals surface area contributed by atoms with E-state index in [1.54, 1.807) is 6.20 Å². The average molecular weight is 422 g/mol. The lowest BCUT2D eigenvalue weighted by Gasteiger charge is -2.34. The molecule has 8 heteroatoms. The number of hydrogen-bond acceptors (Lipinski definition) is 5. The molecule has 1 spiro atoms. The first-order chi connectivity index (χ1) is 15.1. The predicted molar refractivity (Wildman–Crippen MR) is 118 cm³/mol. The Morgan fingerprint density at radius 3 is 2.55 bits per heavy atom. The molecule has 8 nitrogen and oxygen atoms in total. The number of anilines is 2. The van der Waals surface area contributed by atoms with E-state index < -0.39 is 11.6 Å². The number of carbonyl (C=O) groups is 3. The molecule has 3 N–H and O–H groups in total. The fourth-order valence-electron chi connectivity index (χ4n) is 5.18. The van der Waals surface area contributed by atoms with Crippen molar-refractivity contribution < 1.29 is 14.4 Å². The molecule has 0 radical (unpaired) electrons. The topological polar surface area (TPSA) is 103 Å². The van der Waals surface area contributed by atoms with Crippen LogP contribution in [0.3, 0.4) is 0 Å². The third-order valence-corrected chi connectivity index (χ3v) is 6.97. The van der Waals surface area contributed by atoms with Crippen LogP contribution in [0.15, 0.2) is 30.6 Å². The second-order valence-corrected chi connectivity index (χ2v) is 8.86. The highest BCUT2D eigenvalue weighted by molar-refractivity contribution is 6.08. The molecule has 1 aliphatic carbocycles. The zero-order valence-electron chi connectivity index (χ0n) is 17.4. The molecule has 2 aliphatic heterocycles. The Morgan fingerprint density at radius 2 is 1.84 bits per heavy atom. The van der Waals surface area contributed by atoms with Gasteiger partial charge in [0, 0.05) is 47.9 Å². The molecule has 3 heterocycles.